The Morgan fingerprint density at radius 1 is 1.30 bits per heavy atom. The molecule has 0 saturated heterocycles. The van der Waals surface area contributed by atoms with Crippen LogP contribution in [0, 0.1) is 5.82 Å². The third-order valence-corrected chi connectivity index (χ3v) is 4.04. The van der Waals surface area contributed by atoms with Gasteiger partial charge in [0.25, 0.3) is 5.91 Å². The van der Waals surface area contributed by atoms with E-state index in [1.54, 1.807) is 19.3 Å². The SMILES string of the molecule is C[C@H](Oc1ccc(F)cc1Br)C(=O)NC[C@@H](C)c1ccncc1. The van der Waals surface area contributed by atoms with Crippen LogP contribution in [0.4, 0.5) is 4.39 Å². The second-order valence-electron chi connectivity index (χ2n) is 5.26. The minimum absolute atomic E-state index is 0.173. The van der Waals surface area contributed by atoms with Crippen LogP contribution in [0.2, 0.25) is 0 Å². The molecule has 1 aromatic heterocycles. The third kappa shape index (κ3) is 5.03. The molecule has 0 aliphatic carbocycles. The van der Waals surface area contributed by atoms with Gasteiger partial charge in [-0.05, 0) is 64.7 Å². The Kier molecular flexibility index (Phi) is 6.10. The van der Waals surface area contributed by atoms with Crippen molar-refractivity contribution in [1.29, 1.82) is 0 Å². The highest BCUT2D eigenvalue weighted by atomic mass is 79.9. The van der Waals surface area contributed by atoms with Crippen LogP contribution in [0.15, 0.2) is 47.2 Å². The number of pyridine rings is 1. The molecule has 1 N–H and O–H groups in total. The van der Waals surface area contributed by atoms with Gasteiger partial charge >= 0.3 is 0 Å². The number of rotatable bonds is 6. The van der Waals surface area contributed by atoms with E-state index in [2.05, 4.69) is 26.2 Å². The van der Waals surface area contributed by atoms with Crippen LogP contribution in [0.3, 0.4) is 0 Å². The highest BCUT2D eigenvalue weighted by Gasteiger charge is 2.17. The first-order valence-electron chi connectivity index (χ1n) is 7.26. The zero-order chi connectivity index (χ0) is 16.8. The first-order chi connectivity index (χ1) is 11.0. The normalized spacial score (nSPS) is 13.2. The maximum atomic E-state index is 13.0. The maximum Gasteiger partial charge on any atom is 0.260 e. The van der Waals surface area contributed by atoms with E-state index in [0.29, 0.717) is 16.8 Å². The van der Waals surface area contributed by atoms with Gasteiger partial charge in [0, 0.05) is 18.9 Å². The number of aromatic nitrogens is 1. The van der Waals surface area contributed by atoms with Crippen molar-refractivity contribution in [3.05, 3.63) is 58.6 Å². The molecule has 4 nitrogen and oxygen atoms in total. The maximum absolute atomic E-state index is 13.0. The summed E-state index contributed by atoms with van der Waals surface area (Å²) in [7, 11) is 0. The quantitative estimate of drug-likeness (QED) is 0.831. The van der Waals surface area contributed by atoms with Crippen molar-refractivity contribution in [1.82, 2.24) is 10.3 Å². The molecule has 0 aliphatic heterocycles. The number of benzene rings is 1. The predicted molar refractivity (Wildman–Crippen MR) is 89.9 cm³/mol. The largest absolute Gasteiger partial charge is 0.480 e. The molecule has 2 rings (SSSR count). The molecule has 1 aromatic carbocycles. The molecule has 0 saturated carbocycles. The first kappa shape index (κ1) is 17.4. The van der Waals surface area contributed by atoms with Crippen LogP contribution in [0.1, 0.15) is 25.3 Å². The number of carbonyl (C=O) groups is 1. The van der Waals surface area contributed by atoms with Crippen molar-refractivity contribution in [3.63, 3.8) is 0 Å². The minimum atomic E-state index is -0.679. The average Bonchev–Trinajstić information content (AvgIpc) is 2.55. The molecule has 122 valence electrons. The van der Waals surface area contributed by atoms with Crippen LogP contribution in [-0.4, -0.2) is 23.5 Å². The number of hydrogen-bond acceptors (Lipinski definition) is 3. The van der Waals surface area contributed by atoms with Gasteiger partial charge in [-0.1, -0.05) is 6.92 Å². The van der Waals surface area contributed by atoms with Gasteiger partial charge in [-0.3, -0.25) is 9.78 Å². The predicted octanol–water partition coefficient (Wildman–Crippen LogP) is 3.67. The number of ether oxygens (including phenoxy) is 1. The lowest BCUT2D eigenvalue weighted by atomic mass is 10.0. The van der Waals surface area contributed by atoms with Crippen LogP contribution >= 0.6 is 15.9 Å². The monoisotopic (exact) mass is 380 g/mol. The summed E-state index contributed by atoms with van der Waals surface area (Å²) in [6.45, 7) is 4.18. The van der Waals surface area contributed by atoms with Gasteiger partial charge in [-0.25, -0.2) is 4.39 Å². The molecule has 0 spiro atoms. The lowest BCUT2D eigenvalue weighted by molar-refractivity contribution is -0.127. The molecule has 0 bridgehead atoms. The molecule has 1 heterocycles. The van der Waals surface area contributed by atoms with Crippen LogP contribution in [0.25, 0.3) is 0 Å². The number of carbonyl (C=O) groups excluding carboxylic acids is 1. The van der Waals surface area contributed by atoms with Crippen molar-refractivity contribution in [2.75, 3.05) is 6.54 Å². The van der Waals surface area contributed by atoms with E-state index in [4.69, 9.17) is 4.74 Å². The summed E-state index contributed by atoms with van der Waals surface area (Å²) in [5, 5.41) is 2.86. The van der Waals surface area contributed by atoms with E-state index in [0.717, 1.165) is 5.56 Å². The first-order valence-corrected chi connectivity index (χ1v) is 8.06. The lowest BCUT2D eigenvalue weighted by Crippen LogP contribution is -2.38. The Balaban J connectivity index is 1.87. The molecule has 6 heteroatoms. The van der Waals surface area contributed by atoms with Crippen molar-refractivity contribution in [3.8, 4) is 5.75 Å². The minimum Gasteiger partial charge on any atom is -0.480 e. The number of nitrogens with one attached hydrogen (secondary N) is 1. The van der Waals surface area contributed by atoms with Gasteiger partial charge in [0.15, 0.2) is 6.10 Å². The van der Waals surface area contributed by atoms with Gasteiger partial charge in [0.05, 0.1) is 4.47 Å². The molecule has 0 radical (unpaired) electrons. The molecule has 23 heavy (non-hydrogen) atoms. The molecule has 2 atom stereocenters. The average molecular weight is 381 g/mol. The zero-order valence-electron chi connectivity index (χ0n) is 12.9. The lowest BCUT2D eigenvalue weighted by Gasteiger charge is -2.18. The van der Waals surface area contributed by atoms with Crippen LogP contribution < -0.4 is 10.1 Å². The van der Waals surface area contributed by atoms with Gasteiger partial charge in [-0.2, -0.15) is 0 Å². The Hall–Kier alpha value is -1.95. The highest BCUT2D eigenvalue weighted by Crippen LogP contribution is 2.26. The van der Waals surface area contributed by atoms with E-state index in [9.17, 15) is 9.18 Å². The van der Waals surface area contributed by atoms with Gasteiger partial charge in [0.2, 0.25) is 0 Å². The second-order valence-corrected chi connectivity index (χ2v) is 6.12. The summed E-state index contributed by atoms with van der Waals surface area (Å²) >= 11 is 3.21. The van der Waals surface area contributed by atoms with Crippen LogP contribution in [-0.2, 0) is 4.79 Å². The topological polar surface area (TPSA) is 51.2 Å². The molecule has 0 fully saturated rings. The molecular weight excluding hydrogens is 363 g/mol. The Bertz CT molecular complexity index is 667. The van der Waals surface area contributed by atoms with Crippen molar-refractivity contribution in [2.24, 2.45) is 0 Å². The molecule has 2 aromatic rings. The second kappa shape index (κ2) is 8.06. The Labute approximate surface area is 143 Å². The van der Waals surface area contributed by atoms with Crippen LogP contribution in [0.5, 0.6) is 5.75 Å². The Morgan fingerprint density at radius 3 is 2.65 bits per heavy atom. The van der Waals surface area contributed by atoms with Gasteiger partial charge in [0.1, 0.15) is 11.6 Å². The molecular formula is C17H18BrFN2O2. The summed E-state index contributed by atoms with van der Waals surface area (Å²) in [6.07, 6.45) is 2.78. The highest BCUT2D eigenvalue weighted by molar-refractivity contribution is 9.10. The fraction of sp³-hybridized carbons (Fsp3) is 0.294. The smallest absolute Gasteiger partial charge is 0.260 e. The van der Waals surface area contributed by atoms with E-state index in [1.807, 2.05) is 19.1 Å². The Morgan fingerprint density at radius 2 is 2.00 bits per heavy atom. The third-order valence-electron chi connectivity index (χ3n) is 3.42. The fourth-order valence-electron chi connectivity index (χ4n) is 2.02. The van der Waals surface area contributed by atoms with E-state index < -0.39 is 6.10 Å². The summed E-state index contributed by atoms with van der Waals surface area (Å²) in [4.78, 5) is 16.1. The van der Waals surface area contributed by atoms with E-state index >= 15 is 0 Å². The summed E-state index contributed by atoms with van der Waals surface area (Å²) in [5.41, 5.74) is 1.11. The number of hydrogen-bond donors (Lipinski definition) is 1. The molecule has 0 aliphatic rings. The summed E-state index contributed by atoms with van der Waals surface area (Å²) < 4.78 is 19.1. The van der Waals surface area contributed by atoms with Crippen molar-refractivity contribution < 1.29 is 13.9 Å². The van der Waals surface area contributed by atoms with Crippen molar-refractivity contribution in [2.45, 2.75) is 25.9 Å². The van der Waals surface area contributed by atoms with Crippen molar-refractivity contribution >= 4 is 21.8 Å². The van der Waals surface area contributed by atoms with E-state index in [1.165, 1.54) is 18.2 Å². The summed E-state index contributed by atoms with van der Waals surface area (Å²) in [6, 6.07) is 7.92. The number of nitrogens with zero attached hydrogens (tertiary/aromatic N) is 1. The molecule has 0 unspecified atom stereocenters. The number of amides is 1. The number of halogens is 2. The summed E-state index contributed by atoms with van der Waals surface area (Å²) in [5.74, 6) is 0.0116. The van der Waals surface area contributed by atoms with E-state index in [-0.39, 0.29) is 17.6 Å². The molecule has 1 amide bonds. The standard InChI is InChI=1S/C17H18BrFN2O2/c1-11(13-5-7-20-8-6-13)10-21-17(22)12(2)23-16-4-3-14(19)9-15(16)18/h3-9,11-12H,10H2,1-2H3,(H,21,22)/t11-,12+/m1/s1. The van der Waals surface area contributed by atoms with Gasteiger partial charge < -0.3 is 10.1 Å². The fourth-order valence-corrected chi connectivity index (χ4v) is 2.47. The zero-order valence-corrected chi connectivity index (χ0v) is 14.5. The van der Waals surface area contributed by atoms with Gasteiger partial charge in [-0.15, -0.1) is 0 Å².